The summed E-state index contributed by atoms with van der Waals surface area (Å²) in [6.45, 7) is 8.52. The summed E-state index contributed by atoms with van der Waals surface area (Å²) < 4.78 is 2.02. The normalized spacial score (nSPS) is 24.9. The van der Waals surface area contributed by atoms with Crippen LogP contribution < -0.4 is 5.73 Å². The molecule has 1 saturated heterocycles. The molecule has 1 aliphatic heterocycles. The molecule has 1 aromatic heterocycles. The average Bonchev–Trinajstić information content (AvgIpc) is 2.77. The highest BCUT2D eigenvalue weighted by Crippen LogP contribution is 2.16. The highest BCUT2D eigenvalue weighted by molar-refractivity contribution is 5.85. The Bertz CT molecular complexity index is 329. The molecule has 4 nitrogen and oxygen atoms in total. The van der Waals surface area contributed by atoms with Crippen LogP contribution in [0.25, 0.3) is 0 Å². The Kier molecular flexibility index (Phi) is 5.43. The zero-order valence-electron chi connectivity index (χ0n) is 10.7. The fourth-order valence-corrected chi connectivity index (χ4v) is 2.32. The molecule has 0 amide bonds. The summed E-state index contributed by atoms with van der Waals surface area (Å²) in [6.07, 6.45) is 5.26. The standard InChI is InChI=1S/C12H22N4.ClH/c1-3-4-16-8-11(5-14-16)7-15-6-10(2)12(13)9-15;/h5,8,10,12H,3-4,6-7,9,13H2,1-2H3;1H. The van der Waals surface area contributed by atoms with Gasteiger partial charge in [-0.25, -0.2) is 0 Å². The van der Waals surface area contributed by atoms with E-state index in [0.29, 0.717) is 12.0 Å². The number of halogens is 1. The van der Waals surface area contributed by atoms with Crippen molar-refractivity contribution in [2.75, 3.05) is 13.1 Å². The van der Waals surface area contributed by atoms with Crippen LogP contribution in [-0.4, -0.2) is 33.8 Å². The molecule has 0 aromatic carbocycles. The SMILES string of the molecule is CCCn1cc(CN2CC(C)C(N)C2)cn1.Cl. The molecule has 0 bridgehead atoms. The predicted octanol–water partition coefficient (Wildman–Crippen LogP) is 1.49. The molecule has 2 rings (SSSR count). The van der Waals surface area contributed by atoms with E-state index in [1.165, 1.54) is 5.56 Å². The first-order valence-corrected chi connectivity index (χ1v) is 6.18. The van der Waals surface area contributed by atoms with Gasteiger partial charge in [-0.15, -0.1) is 12.4 Å². The summed E-state index contributed by atoms with van der Waals surface area (Å²) in [4.78, 5) is 2.42. The van der Waals surface area contributed by atoms with Gasteiger partial charge in [-0.3, -0.25) is 9.58 Å². The zero-order chi connectivity index (χ0) is 11.5. The van der Waals surface area contributed by atoms with Crippen LogP contribution in [0.15, 0.2) is 12.4 Å². The van der Waals surface area contributed by atoms with Gasteiger partial charge < -0.3 is 5.73 Å². The minimum Gasteiger partial charge on any atom is -0.326 e. The van der Waals surface area contributed by atoms with Crippen LogP contribution in [0.3, 0.4) is 0 Å². The van der Waals surface area contributed by atoms with Gasteiger partial charge in [0.25, 0.3) is 0 Å². The Morgan fingerprint density at radius 3 is 2.82 bits per heavy atom. The number of aromatic nitrogens is 2. The second kappa shape index (κ2) is 6.38. The molecule has 2 atom stereocenters. The molecule has 17 heavy (non-hydrogen) atoms. The lowest BCUT2D eigenvalue weighted by molar-refractivity contribution is 0.319. The van der Waals surface area contributed by atoms with Crippen molar-refractivity contribution in [3.63, 3.8) is 0 Å². The zero-order valence-corrected chi connectivity index (χ0v) is 11.5. The smallest absolute Gasteiger partial charge is 0.0534 e. The summed E-state index contributed by atoms with van der Waals surface area (Å²) in [5, 5.41) is 4.34. The number of hydrogen-bond donors (Lipinski definition) is 1. The van der Waals surface area contributed by atoms with Gasteiger partial charge in [-0.2, -0.15) is 5.10 Å². The fraction of sp³-hybridized carbons (Fsp3) is 0.750. The lowest BCUT2D eigenvalue weighted by Crippen LogP contribution is -2.28. The minimum absolute atomic E-state index is 0. The molecule has 0 radical (unpaired) electrons. The molecule has 5 heteroatoms. The Labute approximate surface area is 110 Å². The molecule has 98 valence electrons. The Morgan fingerprint density at radius 2 is 2.24 bits per heavy atom. The summed E-state index contributed by atoms with van der Waals surface area (Å²) in [5.41, 5.74) is 7.31. The van der Waals surface area contributed by atoms with Crippen LogP contribution in [-0.2, 0) is 13.1 Å². The molecular formula is C12H23ClN4. The van der Waals surface area contributed by atoms with Crippen molar-refractivity contribution in [1.82, 2.24) is 14.7 Å². The highest BCUT2D eigenvalue weighted by Gasteiger charge is 2.26. The van der Waals surface area contributed by atoms with E-state index in [9.17, 15) is 0 Å². The first-order valence-electron chi connectivity index (χ1n) is 6.18. The fourth-order valence-electron chi connectivity index (χ4n) is 2.32. The first kappa shape index (κ1) is 14.5. The maximum atomic E-state index is 6.01. The third kappa shape index (κ3) is 3.69. The molecule has 0 saturated carbocycles. The first-order chi connectivity index (χ1) is 7.69. The number of nitrogens with two attached hydrogens (primary N) is 1. The molecule has 1 aromatic rings. The lowest BCUT2D eigenvalue weighted by Gasteiger charge is -2.13. The van der Waals surface area contributed by atoms with E-state index in [0.717, 1.165) is 32.6 Å². The van der Waals surface area contributed by atoms with Crippen LogP contribution in [0.5, 0.6) is 0 Å². The quantitative estimate of drug-likeness (QED) is 0.890. The van der Waals surface area contributed by atoms with Gasteiger partial charge in [0.1, 0.15) is 0 Å². The number of hydrogen-bond acceptors (Lipinski definition) is 3. The van der Waals surface area contributed by atoms with E-state index < -0.39 is 0 Å². The molecule has 2 N–H and O–H groups in total. The van der Waals surface area contributed by atoms with Gasteiger partial charge in [0.2, 0.25) is 0 Å². The summed E-state index contributed by atoms with van der Waals surface area (Å²) >= 11 is 0. The largest absolute Gasteiger partial charge is 0.326 e. The number of rotatable bonds is 4. The van der Waals surface area contributed by atoms with Gasteiger partial charge in [0.15, 0.2) is 0 Å². The second-order valence-corrected chi connectivity index (χ2v) is 4.95. The minimum atomic E-state index is 0. The highest BCUT2D eigenvalue weighted by atomic mass is 35.5. The van der Waals surface area contributed by atoms with Gasteiger partial charge in [0.05, 0.1) is 6.20 Å². The monoisotopic (exact) mass is 258 g/mol. The Balaban J connectivity index is 0.00000144. The number of aryl methyl sites for hydroxylation is 1. The molecule has 2 unspecified atom stereocenters. The Hall–Kier alpha value is -0.580. The van der Waals surface area contributed by atoms with E-state index in [2.05, 4.69) is 30.0 Å². The van der Waals surface area contributed by atoms with Crippen molar-refractivity contribution in [3.05, 3.63) is 18.0 Å². The summed E-state index contributed by atoms with van der Waals surface area (Å²) in [7, 11) is 0. The van der Waals surface area contributed by atoms with Crippen molar-refractivity contribution >= 4 is 12.4 Å². The van der Waals surface area contributed by atoms with Crippen LogP contribution in [0.4, 0.5) is 0 Å². The summed E-state index contributed by atoms with van der Waals surface area (Å²) in [5.74, 6) is 0.616. The molecule has 0 spiro atoms. The summed E-state index contributed by atoms with van der Waals surface area (Å²) in [6, 6.07) is 0.339. The van der Waals surface area contributed by atoms with Gasteiger partial charge in [-0.05, 0) is 12.3 Å². The Morgan fingerprint density at radius 1 is 1.47 bits per heavy atom. The van der Waals surface area contributed by atoms with Crippen LogP contribution >= 0.6 is 12.4 Å². The van der Waals surface area contributed by atoms with E-state index in [4.69, 9.17) is 5.73 Å². The van der Waals surface area contributed by atoms with Crippen molar-refractivity contribution in [1.29, 1.82) is 0 Å². The molecule has 1 fully saturated rings. The predicted molar refractivity (Wildman–Crippen MR) is 72.2 cm³/mol. The third-order valence-electron chi connectivity index (χ3n) is 3.29. The molecule has 2 heterocycles. The van der Waals surface area contributed by atoms with E-state index >= 15 is 0 Å². The molecule has 1 aliphatic rings. The van der Waals surface area contributed by atoms with Gasteiger partial charge in [0, 0.05) is 44.0 Å². The van der Waals surface area contributed by atoms with Crippen LogP contribution in [0, 0.1) is 5.92 Å². The van der Waals surface area contributed by atoms with Gasteiger partial charge in [-0.1, -0.05) is 13.8 Å². The topological polar surface area (TPSA) is 47.1 Å². The molecule has 0 aliphatic carbocycles. The maximum absolute atomic E-state index is 6.01. The number of nitrogens with zero attached hydrogens (tertiary/aromatic N) is 3. The van der Waals surface area contributed by atoms with Crippen LogP contribution in [0.2, 0.25) is 0 Å². The van der Waals surface area contributed by atoms with Crippen molar-refractivity contribution < 1.29 is 0 Å². The third-order valence-corrected chi connectivity index (χ3v) is 3.29. The van der Waals surface area contributed by atoms with Crippen molar-refractivity contribution in [3.8, 4) is 0 Å². The number of likely N-dealkylation sites (tertiary alicyclic amines) is 1. The van der Waals surface area contributed by atoms with E-state index in [-0.39, 0.29) is 12.4 Å². The van der Waals surface area contributed by atoms with Crippen molar-refractivity contribution in [2.45, 2.75) is 39.4 Å². The van der Waals surface area contributed by atoms with E-state index in [1.54, 1.807) is 0 Å². The lowest BCUT2D eigenvalue weighted by atomic mass is 10.1. The van der Waals surface area contributed by atoms with Crippen molar-refractivity contribution in [2.24, 2.45) is 11.7 Å². The second-order valence-electron chi connectivity index (χ2n) is 4.95. The average molecular weight is 259 g/mol. The van der Waals surface area contributed by atoms with Crippen LogP contribution in [0.1, 0.15) is 25.8 Å². The van der Waals surface area contributed by atoms with E-state index in [1.807, 2.05) is 10.9 Å². The molecular weight excluding hydrogens is 236 g/mol. The maximum Gasteiger partial charge on any atom is 0.0534 e. The van der Waals surface area contributed by atoms with Gasteiger partial charge >= 0.3 is 0 Å².